The maximum Gasteiger partial charge on any atom is 0.291 e. The number of benzene rings is 1. The number of hydrogen-bond acceptors (Lipinski definition) is 4. The Morgan fingerprint density at radius 1 is 1.29 bits per heavy atom. The average Bonchev–Trinajstić information content (AvgIpc) is 2.96. The number of nitrogens with two attached hydrogens (primary N) is 1. The number of furan rings is 1. The summed E-state index contributed by atoms with van der Waals surface area (Å²) in [6, 6.07) is 12.8. The molecule has 0 aliphatic heterocycles. The van der Waals surface area contributed by atoms with Gasteiger partial charge in [-0.25, -0.2) is 0 Å². The summed E-state index contributed by atoms with van der Waals surface area (Å²) in [5.74, 6) is 0.523. The summed E-state index contributed by atoms with van der Waals surface area (Å²) in [5, 5.41) is 3.76. The number of carbonyl (C=O) groups is 1. The summed E-state index contributed by atoms with van der Waals surface area (Å²) in [6.45, 7) is 2.16. The highest BCUT2D eigenvalue weighted by molar-refractivity contribution is 6.07. The first-order valence-corrected chi connectivity index (χ1v) is 6.64. The number of nitrogens with zero attached hydrogens (tertiary/aromatic N) is 1. The molecule has 0 radical (unpaired) electrons. The lowest BCUT2D eigenvalue weighted by Gasteiger charge is -2.08. The molecule has 21 heavy (non-hydrogen) atoms. The summed E-state index contributed by atoms with van der Waals surface area (Å²) in [6.07, 6.45) is 0. The Kier molecular flexibility index (Phi) is 3.41. The summed E-state index contributed by atoms with van der Waals surface area (Å²) >= 11 is 0. The Bertz CT molecular complexity index is 808. The molecule has 5 nitrogen and oxygen atoms in total. The Morgan fingerprint density at radius 2 is 2.10 bits per heavy atom. The van der Waals surface area contributed by atoms with Crippen molar-refractivity contribution in [3.63, 3.8) is 0 Å². The molecule has 0 aliphatic rings. The molecule has 3 N–H and O–H groups in total. The fraction of sp³-hybridized carbons (Fsp3) is 0.125. The fourth-order valence-corrected chi connectivity index (χ4v) is 2.20. The number of aromatic nitrogens is 1. The molecular formula is C16H15N3O2. The van der Waals surface area contributed by atoms with E-state index in [1.165, 1.54) is 0 Å². The first-order chi connectivity index (χ1) is 10.2. The van der Waals surface area contributed by atoms with Gasteiger partial charge in [0, 0.05) is 11.1 Å². The SMILES string of the molecule is Cc1cc(NC(=O)c2ccc(CN)o2)c2ccccc2n1. The van der Waals surface area contributed by atoms with Crippen LogP contribution in [0.3, 0.4) is 0 Å². The molecule has 0 aliphatic carbocycles. The summed E-state index contributed by atoms with van der Waals surface area (Å²) in [7, 11) is 0. The summed E-state index contributed by atoms with van der Waals surface area (Å²) in [5.41, 5.74) is 7.87. The quantitative estimate of drug-likeness (QED) is 0.773. The molecule has 5 heteroatoms. The minimum Gasteiger partial charge on any atom is -0.455 e. The van der Waals surface area contributed by atoms with Crippen molar-refractivity contribution in [3.05, 3.63) is 59.7 Å². The number of anilines is 1. The number of pyridine rings is 1. The van der Waals surface area contributed by atoms with E-state index in [-0.39, 0.29) is 18.2 Å². The highest BCUT2D eigenvalue weighted by Gasteiger charge is 2.13. The van der Waals surface area contributed by atoms with Gasteiger partial charge in [0.05, 0.1) is 17.7 Å². The predicted octanol–water partition coefficient (Wildman–Crippen LogP) is 2.85. The van der Waals surface area contributed by atoms with Crippen molar-refractivity contribution >= 4 is 22.5 Å². The van der Waals surface area contributed by atoms with Gasteiger partial charge in [-0.3, -0.25) is 9.78 Å². The Morgan fingerprint density at radius 3 is 2.86 bits per heavy atom. The molecule has 1 aromatic carbocycles. The Balaban J connectivity index is 1.95. The van der Waals surface area contributed by atoms with Crippen LogP contribution in [0, 0.1) is 6.92 Å². The van der Waals surface area contributed by atoms with Gasteiger partial charge >= 0.3 is 0 Å². The van der Waals surface area contributed by atoms with Crippen LogP contribution in [0.25, 0.3) is 10.9 Å². The molecule has 0 saturated heterocycles. The molecule has 1 amide bonds. The van der Waals surface area contributed by atoms with Crippen LogP contribution in [-0.4, -0.2) is 10.9 Å². The predicted molar refractivity (Wildman–Crippen MR) is 81.0 cm³/mol. The molecule has 0 saturated carbocycles. The molecule has 3 aromatic rings. The van der Waals surface area contributed by atoms with Gasteiger partial charge in [0.15, 0.2) is 5.76 Å². The van der Waals surface area contributed by atoms with Crippen LogP contribution in [0.5, 0.6) is 0 Å². The number of hydrogen-bond donors (Lipinski definition) is 2. The minimum absolute atomic E-state index is 0.244. The Hall–Kier alpha value is -2.66. The molecule has 106 valence electrons. The molecule has 0 spiro atoms. The number of carbonyl (C=O) groups excluding carboxylic acids is 1. The number of rotatable bonds is 3. The Labute approximate surface area is 121 Å². The standard InChI is InChI=1S/C16H15N3O2/c1-10-8-14(12-4-2-3-5-13(12)18-10)19-16(20)15-7-6-11(9-17)21-15/h2-8H,9,17H2,1H3,(H,18,19,20). The highest BCUT2D eigenvalue weighted by Crippen LogP contribution is 2.23. The van der Waals surface area contributed by atoms with Crippen LogP contribution in [0.1, 0.15) is 22.0 Å². The van der Waals surface area contributed by atoms with Gasteiger partial charge in [0.25, 0.3) is 5.91 Å². The maximum atomic E-state index is 12.2. The molecule has 2 heterocycles. The fourth-order valence-electron chi connectivity index (χ4n) is 2.20. The summed E-state index contributed by atoms with van der Waals surface area (Å²) < 4.78 is 5.36. The van der Waals surface area contributed by atoms with E-state index in [0.29, 0.717) is 11.4 Å². The normalized spacial score (nSPS) is 10.8. The molecule has 0 fully saturated rings. The van der Waals surface area contributed by atoms with Gasteiger partial charge in [0.1, 0.15) is 5.76 Å². The third kappa shape index (κ3) is 2.64. The largest absolute Gasteiger partial charge is 0.455 e. The molecule has 0 bridgehead atoms. The smallest absolute Gasteiger partial charge is 0.291 e. The van der Waals surface area contributed by atoms with Gasteiger partial charge < -0.3 is 15.5 Å². The van der Waals surface area contributed by atoms with Crippen LogP contribution in [-0.2, 0) is 6.54 Å². The van der Waals surface area contributed by atoms with Crippen LogP contribution in [0.4, 0.5) is 5.69 Å². The first kappa shape index (κ1) is 13.3. The van der Waals surface area contributed by atoms with Crippen LogP contribution in [0.2, 0.25) is 0 Å². The van der Waals surface area contributed by atoms with E-state index in [9.17, 15) is 4.79 Å². The number of fused-ring (bicyclic) bond motifs is 1. The van der Waals surface area contributed by atoms with Crippen LogP contribution >= 0.6 is 0 Å². The second-order valence-electron chi connectivity index (χ2n) is 4.75. The lowest BCUT2D eigenvalue weighted by atomic mass is 10.1. The zero-order chi connectivity index (χ0) is 14.8. The lowest BCUT2D eigenvalue weighted by molar-refractivity contribution is 0.0995. The van der Waals surface area contributed by atoms with Crippen LogP contribution < -0.4 is 11.1 Å². The van der Waals surface area contributed by atoms with E-state index in [1.54, 1.807) is 12.1 Å². The lowest BCUT2D eigenvalue weighted by Crippen LogP contribution is -2.11. The first-order valence-electron chi connectivity index (χ1n) is 6.64. The van der Waals surface area contributed by atoms with E-state index < -0.39 is 0 Å². The van der Waals surface area contributed by atoms with E-state index >= 15 is 0 Å². The number of para-hydroxylation sites is 1. The average molecular weight is 281 g/mol. The maximum absolute atomic E-state index is 12.2. The van der Waals surface area contributed by atoms with Gasteiger partial charge in [-0.2, -0.15) is 0 Å². The second kappa shape index (κ2) is 5.38. The van der Waals surface area contributed by atoms with Crippen molar-refractivity contribution in [2.75, 3.05) is 5.32 Å². The van der Waals surface area contributed by atoms with Crippen molar-refractivity contribution in [1.82, 2.24) is 4.98 Å². The van der Waals surface area contributed by atoms with Crippen molar-refractivity contribution in [2.24, 2.45) is 5.73 Å². The van der Waals surface area contributed by atoms with E-state index in [1.807, 2.05) is 37.3 Å². The van der Waals surface area contributed by atoms with Gasteiger partial charge in [-0.1, -0.05) is 18.2 Å². The van der Waals surface area contributed by atoms with E-state index in [4.69, 9.17) is 10.2 Å². The van der Waals surface area contributed by atoms with Crippen molar-refractivity contribution in [2.45, 2.75) is 13.5 Å². The monoisotopic (exact) mass is 281 g/mol. The molecular weight excluding hydrogens is 266 g/mol. The molecule has 2 aromatic heterocycles. The topological polar surface area (TPSA) is 81.2 Å². The third-order valence-electron chi connectivity index (χ3n) is 3.18. The van der Waals surface area contributed by atoms with Gasteiger partial charge in [-0.05, 0) is 31.2 Å². The molecule has 3 rings (SSSR count). The van der Waals surface area contributed by atoms with Gasteiger partial charge in [-0.15, -0.1) is 0 Å². The van der Waals surface area contributed by atoms with Crippen molar-refractivity contribution in [3.8, 4) is 0 Å². The van der Waals surface area contributed by atoms with Crippen molar-refractivity contribution < 1.29 is 9.21 Å². The third-order valence-corrected chi connectivity index (χ3v) is 3.18. The number of amides is 1. The second-order valence-corrected chi connectivity index (χ2v) is 4.75. The highest BCUT2D eigenvalue weighted by atomic mass is 16.4. The number of nitrogens with one attached hydrogen (secondary N) is 1. The zero-order valence-corrected chi connectivity index (χ0v) is 11.6. The zero-order valence-electron chi connectivity index (χ0n) is 11.6. The molecule has 0 unspecified atom stereocenters. The van der Waals surface area contributed by atoms with Crippen molar-refractivity contribution in [1.29, 1.82) is 0 Å². The van der Waals surface area contributed by atoms with Crippen LogP contribution in [0.15, 0.2) is 46.9 Å². The molecule has 0 atom stereocenters. The van der Waals surface area contributed by atoms with E-state index in [2.05, 4.69) is 10.3 Å². The summed E-state index contributed by atoms with van der Waals surface area (Å²) in [4.78, 5) is 16.7. The minimum atomic E-state index is -0.301. The van der Waals surface area contributed by atoms with Gasteiger partial charge in [0.2, 0.25) is 0 Å². The number of aryl methyl sites for hydroxylation is 1. The van der Waals surface area contributed by atoms with E-state index in [0.717, 1.165) is 16.6 Å².